The number of nitrogens with one attached hydrogen (secondary N) is 1. The zero-order valence-corrected chi connectivity index (χ0v) is 14.7. The third-order valence-corrected chi connectivity index (χ3v) is 4.40. The molecular weight excluding hydrogens is 364 g/mol. The molecule has 3 rings (SSSR count). The van der Waals surface area contributed by atoms with Crippen molar-refractivity contribution in [1.82, 2.24) is 5.32 Å². The fraction of sp³-hybridized carbons (Fsp3) is 0.0909. The van der Waals surface area contributed by atoms with Gasteiger partial charge in [0, 0.05) is 5.92 Å². The van der Waals surface area contributed by atoms with E-state index in [-0.39, 0.29) is 0 Å². The largest absolute Gasteiger partial charge is 0.480 e. The first-order chi connectivity index (χ1) is 13.5. The molecule has 0 unspecified atom stereocenters. The predicted octanol–water partition coefficient (Wildman–Crippen LogP) is 3.98. The van der Waals surface area contributed by atoms with Crippen molar-refractivity contribution in [3.05, 3.63) is 107 Å². The van der Waals surface area contributed by atoms with Crippen molar-refractivity contribution in [2.75, 3.05) is 0 Å². The highest BCUT2D eigenvalue weighted by Crippen LogP contribution is 2.28. The van der Waals surface area contributed by atoms with Gasteiger partial charge >= 0.3 is 5.97 Å². The molecule has 3 aromatic rings. The molecule has 4 nitrogen and oxygen atoms in total. The fourth-order valence-electron chi connectivity index (χ4n) is 3.08. The first kappa shape index (κ1) is 19.2. The average Bonchev–Trinajstić information content (AvgIpc) is 2.71. The molecule has 2 N–H and O–H groups in total. The summed E-state index contributed by atoms with van der Waals surface area (Å²) in [6.07, 6.45) is 0. The number of halogens is 2. The number of amides is 1. The fourth-order valence-corrected chi connectivity index (χ4v) is 3.08. The number of carbonyl (C=O) groups excluding carboxylic acids is 1. The van der Waals surface area contributed by atoms with Gasteiger partial charge in [0.05, 0.1) is 5.56 Å². The molecule has 6 heteroatoms. The summed E-state index contributed by atoms with van der Waals surface area (Å²) in [5.74, 6) is -5.51. The smallest absolute Gasteiger partial charge is 0.327 e. The van der Waals surface area contributed by atoms with Crippen molar-refractivity contribution in [3.8, 4) is 0 Å². The lowest BCUT2D eigenvalue weighted by molar-refractivity contribution is -0.139. The number of carbonyl (C=O) groups is 2. The van der Waals surface area contributed by atoms with E-state index >= 15 is 0 Å². The number of hydrogen-bond acceptors (Lipinski definition) is 2. The van der Waals surface area contributed by atoms with E-state index < -0.39 is 41.0 Å². The number of aliphatic carboxylic acids is 1. The lowest BCUT2D eigenvalue weighted by atomic mass is 9.85. The van der Waals surface area contributed by atoms with Crippen LogP contribution in [0, 0.1) is 11.6 Å². The zero-order chi connectivity index (χ0) is 20.1. The topological polar surface area (TPSA) is 66.4 Å². The second-order valence-corrected chi connectivity index (χ2v) is 6.19. The summed E-state index contributed by atoms with van der Waals surface area (Å²) in [5.41, 5.74) is 0.786. The Balaban J connectivity index is 2.01. The van der Waals surface area contributed by atoms with Crippen LogP contribution < -0.4 is 5.32 Å². The summed E-state index contributed by atoms with van der Waals surface area (Å²) >= 11 is 0. The molecule has 0 aromatic heterocycles. The second kappa shape index (κ2) is 8.43. The number of rotatable bonds is 6. The lowest BCUT2D eigenvalue weighted by Crippen LogP contribution is -2.45. The maximum atomic E-state index is 14.0. The molecule has 142 valence electrons. The van der Waals surface area contributed by atoms with E-state index in [4.69, 9.17) is 0 Å². The summed E-state index contributed by atoms with van der Waals surface area (Å²) in [4.78, 5) is 24.5. The van der Waals surface area contributed by atoms with Crippen LogP contribution in [0.3, 0.4) is 0 Å². The SMILES string of the molecule is O=C(N[C@@H](C(=O)O)C(c1ccccc1)c1ccccc1)c1cccc(F)c1F. The highest BCUT2D eigenvalue weighted by atomic mass is 19.2. The zero-order valence-electron chi connectivity index (χ0n) is 14.7. The first-order valence-electron chi connectivity index (χ1n) is 8.56. The Kier molecular flexibility index (Phi) is 5.79. The van der Waals surface area contributed by atoms with E-state index in [0.717, 1.165) is 12.1 Å². The van der Waals surface area contributed by atoms with Gasteiger partial charge in [0.2, 0.25) is 0 Å². The van der Waals surface area contributed by atoms with Crippen LogP contribution in [0.4, 0.5) is 8.78 Å². The molecule has 0 heterocycles. The highest BCUT2D eigenvalue weighted by Gasteiger charge is 2.33. The van der Waals surface area contributed by atoms with E-state index in [2.05, 4.69) is 5.32 Å². The minimum Gasteiger partial charge on any atom is -0.480 e. The normalized spacial score (nSPS) is 11.8. The Morgan fingerprint density at radius 2 is 1.32 bits per heavy atom. The minimum absolute atomic E-state index is 0.550. The molecule has 0 radical (unpaired) electrons. The predicted molar refractivity (Wildman–Crippen MR) is 100.0 cm³/mol. The Hall–Kier alpha value is -3.54. The van der Waals surface area contributed by atoms with Gasteiger partial charge in [0.15, 0.2) is 11.6 Å². The molecule has 3 aromatic carbocycles. The van der Waals surface area contributed by atoms with Gasteiger partial charge in [-0.15, -0.1) is 0 Å². The third kappa shape index (κ3) is 4.06. The molecule has 0 fully saturated rings. The Morgan fingerprint density at radius 1 is 0.786 bits per heavy atom. The van der Waals surface area contributed by atoms with Gasteiger partial charge in [-0.3, -0.25) is 4.79 Å². The molecule has 0 aliphatic heterocycles. The monoisotopic (exact) mass is 381 g/mol. The van der Waals surface area contributed by atoms with Crippen LogP contribution in [0.15, 0.2) is 78.9 Å². The number of carboxylic acids is 1. The summed E-state index contributed by atoms with van der Waals surface area (Å²) < 4.78 is 27.4. The van der Waals surface area contributed by atoms with Crippen LogP contribution >= 0.6 is 0 Å². The molecule has 0 aliphatic rings. The molecule has 0 saturated heterocycles. The highest BCUT2D eigenvalue weighted by molar-refractivity contribution is 5.97. The second-order valence-electron chi connectivity index (χ2n) is 6.19. The van der Waals surface area contributed by atoms with Crippen LogP contribution in [0.2, 0.25) is 0 Å². The van der Waals surface area contributed by atoms with Crippen molar-refractivity contribution < 1.29 is 23.5 Å². The van der Waals surface area contributed by atoms with E-state index in [1.54, 1.807) is 60.7 Å². The van der Waals surface area contributed by atoms with Gasteiger partial charge in [-0.05, 0) is 23.3 Å². The van der Waals surface area contributed by atoms with Crippen molar-refractivity contribution in [2.24, 2.45) is 0 Å². The van der Waals surface area contributed by atoms with Gasteiger partial charge in [-0.25, -0.2) is 13.6 Å². The van der Waals surface area contributed by atoms with Crippen LogP contribution in [-0.2, 0) is 4.79 Å². The summed E-state index contributed by atoms with van der Waals surface area (Å²) in [6.45, 7) is 0. The van der Waals surface area contributed by atoms with Gasteiger partial charge in [0.25, 0.3) is 5.91 Å². The Morgan fingerprint density at radius 3 is 1.82 bits per heavy atom. The van der Waals surface area contributed by atoms with Gasteiger partial charge in [0.1, 0.15) is 6.04 Å². The lowest BCUT2D eigenvalue weighted by Gasteiger charge is -2.26. The molecule has 0 bridgehead atoms. The Labute approximate surface area is 160 Å². The number of carboxylic acid groups (broad SMARTS) is 1. The van der Waals surface area contributed by atoms with Gasteiger partial charge in [-0.1, -0.05) is 66.7 Å². The van der Waals surface area contributed by atoms with E-state index in [0.29, 0.717) is 11.1 Å². The van der Waals surface area contributed by atoms with E-state index in [1.165, 1.54) is 6.07 Å². The van der Waals surface area contributed by atoms with Gasteiger partial charge in [-0.2, -0.15) is 0 Å². The number of benzene rings is 3. The quantitative estimate of drug-likeness (QED) is 0.679. The average molecular weight is 381 g/mol. The van der Waals surface area contributed by atoms with Crippen molar-refractivity contribution in [1.29, 1.82) is 0 Å². The molecule has 1 atom stereocenters. The molecule has 0 saturated carbocycles. The molecule has 0 spiro atoms. The molecule has 1 amide bonds. The van der Waals surface area contributed by atoms with Crippen LogP contribution in [0.25, 0.3) is 0 Å². The molecule has 28 heavy (non-hydrogen) atoms. The summed E-state index contributed by atoms with van der Waals surface area (Å²) in [7, 11) is 0. The first-order valence-corrected chi connectivity index (χ1v) is 8.56. The number of hydrogen-bond donors (Lipinski definition) is 2. The standard InChI is InChI=1S/C22H17F2NO3/c23-17-13-7-12-16(19(17)24)21(26)25-20(22(27)28)18(14-8-3-1-4-9-14)15-10-5-2-6-11-15/h1-13,18,20H,(H,25,26)(H,27,28)/t20-/m1/s1. The van der Waals surface area contributed by atoms with Crippen LogP contribution in [-0.4, -0.2) is 23.0 Å². The van der Waals surface area contributed by atoms with E-state index in [9.17, 15) is 23.5 Å². The van der Waals surface area contributed by atoms with Crippen molar-refractivity contribution in [3.63, 3.8) is 0 Å². The molecular formula is C22H17F2NO3. The van der Waals surface area contributed by atoms with Crippen LogP contribution in [0.5, 0.6) is 0 Å². The van der Waals surface area contributed by atoms with Crippen LogP contribution in [0.1, 0.15) is 27.4 Å². The minimum atomic E-state index is -1.39. The Bertz CT molecular complexity index is 938. The molecule has 0 aliphatic carbocycles. The van der Waals surface area contributed by atoms with E-state index in [1.807, 2.05) is 0 Å². The van der Waals surface area contributed by atoms with Gasteiger partial charge < -0.3 is 10.4 Å². The van der Waals surface area contributed by atoms with Crippen molar-refractivity contribution >= 4 is 11.9 Å². The maximum absolute atomic E-state index is 14.0. The maximum Gasteiger partial charge on any atom is 0.327 e. The third-order valence-electron chi connectivity index (χ3n) is 4.40. The summed E-state index contributed by atoms with van der Waals surface area (Å²) in [5, 5.41) is 12.2. The van der Waals surface area contributed by atoms with Crippen molar-refractivity contribution in [2.45, 2.75) is 12.0 Å². The summed E-state index contributed by atoms with van der Waals surface area (Å²) in [6, 6.07) is 19.4.